The van der Waals surface area contributed by atoms with Gasteiger partial charge in [-0.2, -0.15) is 0 Å². The number of benzene rings is 1. The highest BCUT2D eigenvalue weighted by molar-refractivity contribution is 5.26. The van der Waals surface area contributed by atoms with E-state index in [1.54, 1.807) is 5.56 Å². The molecule has 1 heterocycles. The standard InChI is InChI=1S/C18H28N2/c1-14-6-5-8-15(12-14)18-16(13-19-2)7-3-4-11-20(18)17-9-10-17/h5-6,8,12,16-19H,3-4,7,9-11,13H2,1-2H3. The van der Waals surface area contributed by atoms with Crippen LogP contribution in [0.2, 0.25) is 0 Å². The third-order valence-corrected chi connectivity index (χ3v) is 4.91. The second-order valence-electron chi connectivity index (χ2n) is 6.64. The Morgan fingerprint density at radius 1 is 1.20 bits per heavy atom. The molecule has 0 spiro atoms. The molecule has 1 aromatic carbocycles. The normalized spacial score (nSPS) is 28.3. The second-order valence-corrected chi connectivity index (χ2v) is 6.64. The van der Waals surface area contributed by atoms with Crippen LogP contribution in [-0.2, 0) is 0 Å². The summed E-state index contributed by atoms with van der Waals surface area (Å²) < 4.78 is 0. The van der Waals surface area contributed by atoms with Crippen LogP contribution in [0, 0.1) is 12.8 Å². The molecule has 0 bridgehead atoms. The van der Waals surface area contributed by atoms with Crippen LogP contribution in [0.3, 0.4) is 0 Å². The van der Waals surface area contributed by atoms with Crippen LogP contribution in [0.4, 0.5) is 0 Å². The van der Waals surface area contributed by atoms with Gasteiger partial charge in [0.05, 0.1) is 0 Å². The Bertz CT molecular complexity index is 439. The van der Waals surface area contributed by atoms with E-state index in [4.69, 9.17) is 0 Å². The van der Waals surface area contributed by atoms with Crippen LogP contribution in [0.1, 0.15) is 49.3 Å². The topological polar surface area (TPSA) is 15.3 Å². The number of hydrogen-bond donors (Lipinski definition) is 1. The molecule has 110 valence electrons. The highest BCUT2D eigenvalue weighted by Crippen LogP contribution is 2.41. The summed E-state index contributed by atoms with van der Waals surface area (Å²) in [7, 11) is 2.10. The Hall–Kier alpha value is -0.860. The molecule has 3 rings (SSSR count). The van der Waals surface area contributed by atoms with Crippen molar-refractivity contribution in [2.75, 3.05) is 20.1 Å². The van der Waals surface area contributed by atoms with Crippen molar-refractivity contribution in [3.63, 3.8) is 0 Å². The zero-order chi connectivity index (χ0) is 13.9. The molecule has 1 aromatic rings. The van der Waals surface area contributed by atoms with E-state index in [1.165, 1.54) is 44.2 Å². The first-order chi connectivity index (χ1) is 9.79. The van der Waals surface area contributed by atoms with Crippen molar-refractivity contribution in [2.24, 2.45) is 5.92 Å². The van der Waals surface area contributed by atoms with Crippen LogP contribution in [-0.4, -0.2) is 31.1 Å². The van der Waals surface area contributed by atoms with Crippen LogP contribution in [0.15, 0.2) is 24.3 Å². The van der Waals surface area contributed by atoms with Crippen molar-refractivity contribution in [2.45, 2.75) is 51.1 Å². The van der Waals surface area contributed by atoms with Gasteiger partial charge < -0.3 is 5.32 Å². The predicted molar refractivity (Wildman–Crippen MR) is 84.9 cm³/mol. The third kappa shape index (κ3) is 3.07. The van der Waals surface area contributed by atoms with Gasteiger partial charge >= 0.3 is 0 Å². The van der Waals surface area contributed by atoms with Gasteiger partial charge in [0, 0.05) is 12.1 Å². The Labute approximate surface area is 123 Å². The second kappa shape index (κ2) is 6.28. The monoisotopic (exact) mass is 272 g/mol. The largest absolute Gasteiger partial charge is 0.319 e. The highest BCUT2D eigenvalue weighted by atomic mass is 15.2. The summed E-state index contributed by atoms with van der Waals surface area (Å²) in [4.78, 5) is 2.82. The minimum atomic E-state index is 0.623. The van der Waals surface area contributed by atoms with E-state index in [0.717, 1.165) is 18.5 Å². The van der Waals surface area contributed by atoms with E-state index in [2.05, 4.69) is 48.5 Å². The minimum absolute atomic E-state index is 0.623. The Balaban J connectivity index is 1.92. The van der Waals surface area contributed by atoms with Gasteiger partial charge in [-0.25, -0.2) is 0 Å². The van der Waals surface area contributed by atoms with E-state index in [-0.39, 0.29) is 0 Å². The summed E-state index contributed by atoms with van der Waals surface area (Å²) in [5, 5.41) is 3.43. The van der Waals surface area contributed by atoms with Gasteiger partial charge in [-0.15, -0.1) is 0 Å². The number of rotatable bonds is 4. The predicted octanol–water partition coefficient (Wildman–Crippen LogP) is 3.52. The molecule has 20 heavy (non-hydrogen) atoms. The molecular weight excluding hydrogens is 244 g/mol. The lowest BCUT2D eigenvalue weighted by molar-refractivity contribution is 0.145. The lowest BCUT2D eigenvalue weighted by atomic mass is 9.88. The van der Waals surface area contributed by atoms with Gasteiger partial charge in [0.15, 0.2) is 0 Å². The molecule has 2 heteroatoms. The van der Waals surface area contributed by atoms with E-state index in [9.17, 15) is 0 Å². The first kappa shape index (κ1) is 14.1. The van der Waals surface area contributed by atoms with Crippen LogP contribution in [0.25, 0.3) is 0 Å². The van der Waals surface area contributed by atoms with E-state index in [1.807, 2.05) is 0 Å². The Kier molecular flexibility index (Phi) is 4.42. The van der Waals surface area contributed by atoms with Crippen LogP contribution < -0.4 is 5.32 Å². The maximum absolute atomic E-state index is 3.43. The van der Waals surface area contributed by atoms with Crippen LogP contribution >= 0.6 is 0 Å². The third-order valence-electron chi connectivity index (χ3n) is 4.91. The fourth-order valence-corrected chi connectivity index (χ4v) is 3.88. The molecule has 0 amide bonds. The Morgan fingerprint density at radius 3 is 2.75 bits per heavy atom. The lowest BCUT2D eigenvalue weighted by Crippen LogP contribution is -2.37. The van der Waals surface area contributed by atoms with Gasteiger partial charge in [-0.1, -0.05) is 36.2 Å². The summed E-state index contributed by atoms with van der Waals surface area (Å²) in [6.07, 6.45) is 6.95. The van der Waals surface area contributed by atoms with Crippen molar-refractivity contribution in [1.29, 1.82) is 0 Å². The number of likely N-dealkylation sites (tertiary alicyclic amines) is 1. The maximum Gasteiger partial charge on any atom is 0.0391 e. The summed E-state index contributed by atoms with van der Waals surface area (Å²) >= 11 is 0. The van der Waals surface area contributed by atoms with E-state index >= 15 is 0 Å². The van der Waals surface area contributed by atoms with Crippen molar-refractivity contribution in [3.8, 4) is 0 Å². The van der Waals surface area contributed by atoms with E-state index < -0.39 is 0 Å². The fraction of sp³-hybridized carbons (Fsp3) is 0.667. The number of nitrogens with one attached hydrogen (secondary N) is 1. The van der Waals surface area contributed by atoms with Gasteiger partial charge in [0.1, 0.15) is 0 Å². The molecule has 2 fully saturated rings. The molecule has 1 aliphatic carbocycles. The van der Waals surface area contributed by atoms with Gasteiger partial charge in [-0.3, -0.25) is 4.90 Å². The molecule has 1 aliphatic heterocycles. The van der Waals surface area contributed by atoms with Gasteiger partial charge in [-0.05, 0) is 64.2 Å². The average molecular weight is 272 g/mol. The quantitative estimate of drug-likeness (QED) is 0.902. The smallest absolute Gasteiger partial charge is 0.0391 e. The summed E-state index contributed by atoms with van der Waals surface area (Å²) in [6, 6.07) is 10.7. The number of nitrogens with zero attached hydrogens (tertiary/aromatic N) is 1. The molecule has 0 aromatic heterocycles. The first-order valence-corrected chi connectivity index (χ1v) is 8.26. The molecule has 2 atom stereocenters. The SMILES string of the molecule is CNCC1CCCCN(C2CC2)C1c1cccc(C)c1. The Morgan fingerprint density at radius 2 is 2.05 bits per heavy atom. The zero-order valence-corrected chi connectivity index (χ0v) is 12.9. The van der Waals surface area contributed by atoms with Crippen molar-refractivity contribution >= 4 is 0 Å². The number of hydrogen-bond acceptors (Lipinski definition) is 2. The zero-order valence-electron chi connectivity index (χ0n) is 12.9. The van der Waals surface area contributed by atoms with Gasteiger partial charge in [0.2, 0.25) is 0 Å². The molecule has 2 nitrogen and oxygen atoms in total. The van der Waals surface area contributed by atoms with Crippen molar-refractivity contribution in [3.05, 3.63) is 35.4 Å². The summed E-state index contributed by atoms with van der Waals surface area (Å²) in [6.45, 7) is 4.65. The van der Waals surface area contributed by atoms with Crippen molar-refractivity contribution < 1.29 is 0 Å². The highest BCUT2D eigenvalue weighted by Gasteiger charge is 2.38. The summed E-state index contributed by atoms with van der Waals surface area (Å²) in [5.74, 6) is 0.755. The molecule has 1 saturated heterocycles. The molecule has 1 saturated carbocycles. The van der Waals surface area contributed by atoms with Gasteiger partial charge in [0.25, 0.3) is 0 Å². The van der Waals surface area contributed by atoms with Crippen molar-refractivity contribution in [1.82, 2.24) is 10.2 Å². The lowest BCUT2D eigenvalue weighted by Gasteiger charge is -2.36. The molecular formula is C18H28N2. The van der Waals surface area contributed by atoms with Crippen LogP contribution in [0.5, 0.6) is 0 Å². The fourth-order valence-electron chi connectivity index (χ4n) is 3.88. The maximum atomic E-state index is 3.43. The molecule has 2 unspecified atom stereocenters. The molecule has 1 N–H and O–H groups in total. The molecule has 2 aliphatic rings. The van der Waals surface area contributed by atoms with E-state index in [0.29, 0.717) is 6.04 Å². The average Bonchev–Trinajstić information content (AvgIpc) is 3.25. The first-order valence-electron chi connectivity index (χ1n) is 8.26. The number of aryl methyl sites for hydroxylation is 1. The minimum Gasteiger partial charge on any atom is -0.319 e. The summed E-state index contributed by atoms with van der Waals surface area (Å²) in [5.41, 5.74) is 2.93. The molecule has 0 radical (unpaired) electrons.